The maximum absolute atomic E-state index is 11.6. The minimum atomic E-state index is -0.673. The van der Waals surface area contributed by atoms with Crippen LogP contribution in [-0.2, 0) is 14.3 Å². The molecule has 1 aromatic carbocycles. The summed E-state index contributed by atoms with van der Waals surface area (Å²) in [6.45, 7) is 3.57. The van der Waals surface area contributed by atoms with E-state index in [-0.39, 0.29) is 12.5 Å². The van der Waals surface area contributed by atoms with Crippen molar-refractivity contribution in [3.63, 3.8) is 0 Å². The second-order valence-corrected chi connectivity index (χ2v) is 5.62. The molecule has 0 saturated carbocycles. The molecule has 0 aliphatic carbocycles. The topological polar surface area (TPSA) is 103 Å². The Labute approximate surface area is 153 Å². The van der Waals surface area contributed by atoms with Crippen LogP contribution < -0.4 is 20.1 Å². The molecule has 0 aliphatic rings. The van der Waals surface area contributed by atoms with E-state index in [4.69, 9.17) is 14.2 Å². The van der Waals surface area contributed by atoms with E-state index >= 15 is 0 Å². The number of benzene rings is 1. The zero-order valence-electron chi connectivity index (χ0n) is 15.4. The van der Waals surface area contributed by atoms with Crippen LogP contribution in [0.5, 0.6) is 11.5 Å². The molecule has 0 bridgehead atoms. The van der Waals surface area contributed by atoms with Crippen molar-refractivity contribution >= 4 is 17.9 Å². The molecule has 1 atom stereocenters. The molecule has 0 heterocycles. The number of rotatable bonds is 10. The Morgan fingerprint density at radius 3 is 2.38 bits per heavy atom. The molecule has 0 radical (unpaired) electrons. The highest BCUT2D eigenvalue weighted by atomic mass is 16.5. The van der Waals surface area contributed by atoms with Gasteiger partial charge in [0.2, 0.25) is 0 Å². The number of imide groups is 1. The second-order valence-electron chi connectivity index (χ2n) is 5.62. The predicted octanol–water partition coefficient (Wildman–Crippen LogP) is 2.02. The fraction of sp³-hybridized carbons (Fsp3) is 0.500. The van der Waals surface area contributed by atoms with E-state index in [0.29, 0.717) is 18.8 Å². The first-order valence-electron chi connectivity index (χ1n) is 8.47. The summed E-state index contributed by atoms with van der Waals surface area (Å²) in [4.78, 5) is 34.5. The second kappa shape index (κ2) is 11.7. The van der Waals surface area contributed by atoms with Crippen LogP contribution in [0.25, 0.3) is 0 Å². The zero-order chi connectivity index (χ0) is 19.4. The van der Waals surface area contributed by atoms with Gasteiger partial charge in [-0.15, -0.1) is 0 Å². The lowest BCUT2D eigenvalue weighted by Crippen LogP contribution is -2.44. The Kier molecular flexibility index (Phi) is 9.59. The highest BCUT2D eigenvalue weighted by Gasteiger charge is 2.12. The fourth-order valence-corrected chi connectivity index (χ4v) is 1.82. The van der Waals surface area contributed by atoms with Gasteiger partial charge in [0, 0.05) is 12.5 Å². The van der Waals surface area contributed by atoms with Gasteiger partial charge in [-0.05, 0) is 44.0 Å². The maximum Gasteiger partial charge on any atom is 0.321 e. The first-order valence-corrected chi connectivity index (χ1v) is 8.47. The highest BCUT2D eigenvalue weighted by molar-refractivity contribution is 5.95. The van der Waals surface area contributed by atoms with E-state index in [2.05, 4.69) is 10.6 Å². The van der Waals surface area contributed by atoms with Crippen molar-refractivity contribution in [3.05, 3.63) is 24.3 Å². The Hall–Kier alpha value is -2.77. The van der Waals surface area contributed by atoms with Gasteiger partial charge in [0.05, 0.1) is 13.7 Å². The molecule has 26 heavy (non-hydrogen) atoms. The van der Waals surface area contributed by atoms with E-state index < -0.39 is 24.5 Å². The van der Waals surface area contributed by atoms with Crippen LogP contribution in [0.2, 0.25) is 0 Å². The molecule has 144 valence electrons. The van der Waals surface area contributed by atoms with Crippen molar-refractivity contribution < 1.29 is 28.6 Å². The summed E-state index contributed by atoms with van der Waals surface area (Å²) >= 11 is 0. The lowest BCUT2D eigenvalue weighted by atomic mass is 10.3. The number of carbonyl (C=O) groups is 3. The van der Waals surface area contributed by atoms with Gasteiger partial charge in [-0.3, -0.25) is 14.9 Å². The minimum absolute atomic E-state index is 0.0453. The molecule has 0 spiro atoms. The number of carbonyl (C=O) groups excluding carboxylic acids is 3. The van der Waals surface area contributed by atoms with Gasteiger partial charge >= 0.3 is 12.0 Å². The molecule has 3 amide bonds. The summed E-state index contributed by atoms with van der Waals surface area (Å²) in [6.07, 6.45) is 1.30. The van der Waals surface area contributed by atoms with Crippen molar-refractivity contribution in [3.8, 4) is 11.5 Å². The van der Waals surface area contributed by atoms with Crippen molar-refractivity contribution in [1.82, 2.24) is 10.6 Å². The number of methoxy groups -OCH3 is 1. The lowest BCUT2D eigenvalue weighted by Gasteiger charge is -2.11. The lowest BCUT2D eigenvalue weighted by molar-refractivity contribution is -0.148. The van der Waals surface area contributed by atoms with Gasteiger partial charge in [0.25, 0.3) is 5.91 Å². The molecule has 0 aliphatic heterocycles. The van der Waals surface area contributed by atoms with Gasteiger partial charge in [0.1, 0.15) is 11.5 Å². The monoisotopic (exact) mass is 366 g/mol. The van der Waals surface area contributed by atoms with E-state index in [1.165, 1.54) is 0 Å². The third kappa shape index (κ3) is 8.91. The molecule has 8 nitrogen and oxygen atoms in total. The summed E-state index contributed by atoms with van der Waals surface area (Å²) in [6, 6.07) is 6.45. The molecule has 8 heteroatoms. The summed E-state index contributed by atoms with van der Waals surface area (Å²) in [5.41, 5.74) is 0. The first kappa shape index (κ1) is 21.3. The fourth-order valence-electron chi connectivity index (χ4n) is 1.82. The number of hydrogen-bond donors (Lipinski definition) is 2. The molecule has 1 aromatic rings. The normalized spacial score (nSPS) is 11.2. The SMILES string of the molecule is CC[C@@H](C)NC(=O)NC(=O)COC(=O)CCCOc1ccc(OC)cc1. The number of urea groups is 1. The third-order valence-electron chi connectivity index (χ3n) is 3.46. The molecule has 0 saturated heterocycles. The molecule has 0 unspecified atom stereocenters. The van der Waals surface area contributed by atoms with Crippen LogP contribution in [-0.4, -0.2) is 44.3 Å². The maximum atomic E-state index is 11.6. The minimum Gasteiger partial charge on any atom is -0.497 e. The average molecular weight is 366 g/mol. The smallest absolute Gasteiger partial charge is 0.321 e. The molecular weight excluding hydrogens is 340 g/mol. The Morgan fingerprint density at radius 2 is 1.77 bits per heavy atom. The van der Waals surface area contributed by atoms with Gasteiger partial charge in [0.15, 0.2) is 6.61 Å². The first-order chi connectivity index (χ1) is 12.4. The number of hydrogen-bond acceptors (Lipinski definition) is 6. The molecular formula is C18H26N2O6. The third-order valence-corrected chi connectivity index (χ3v) is 3.46. The van der Waals surface area contributed by atoms with E-state index in [1.54, 1.807) is 31.4 Å². The van der Waals surface area contributed by atoms with Gasteiger partial charge in [-0.1, -0.05) is 6.92 Å². The number of esters is 1. The summed E-state index contributed by atoms with van der Waals surface area (Å²) in [5, 5.41) is 4.67. The highest BCUT2D eigenvalue weighted by Crippen LogP contribution is 2.17. The van der Waals surface area contributed by atoms with E-state index in [1.807, 2.05) is 13.8 Å². The Morgan fingerprint density at radius 1 is 1.12 bits per heavy atom. The number of nitrogens with one attached hydrogen (secondary N) is 2. The predicted molar refractivity (Wildman–Crippen MR) is 95.1 cm³/mol. The van der Waals surface area contributed by atoms with Crippen LogP contribution in [0.1, 0.15) is 33.1 Å². The quantitative estimate of drug-likeness (QED) is 0.485. The summed E-state index contributed by atoms with van der Waals surface area (Å²) in [7, 11) is 1.58. The van der Waals surface area contributed by atoms with Crippen molar-refractivity contribution in [2.45, 2.75) is 39.2 Å². The summed E-state index contributed by atoms with van der Waals surface area (Å²) in [5.74, 6) is 0.206. The van der Waals surface area contributed by atoms with Crippen LogP contribution in [0.4, 0.5) is 4.79 Å². The van der Waals surface area contributed by atoms with Gasteiger partial charge in [-0.25, -0.2) is 4.79 Å². The van der Waals surface area contributed by atoms with Gasteiger partial charge < -0.3 is 19.5 Å². The molecule has 0 fully saturated rings. The molecule has 2 N–H and O–H groups in total. The van der Waals surface area contributed by atoms with Gasteiger partial charge in [-0.2, -0.15) is 0 Å². The van der Waals surface area contributed by atoms with Crippen LogP contribution >= 0.6 is 0 Å². The molecule has 0 aromatic heterocycles. The summed E-state index contributed by atoms with van der Waals surface area (Å²) < 4.78 is 15.3. The average Bonchev–Trinajstić information content (AvgIpc) is 2.63. The van der Waals surface area contributed by atoms with Crippen molar-refractivity contribution in [2.24, 2.45) is 0 Å². The van der Waals surface area contributed by atoms with Crippen molar-refractivity contribution in [1.29, 1.82) is 0 Å². The van der Waals surface area contributed by atoms with Crippen LogP contribution in [0.15, 0.2) is 24.3 Å². The molecule has 1 rings (SSSR count). The largest absolute Gasteiger partial charge is 0.497 e. The standard InChI is InChI=1S/C18H26N2O6/c1-4-13(2)19-18(23)20-16(21)12-26-17(22)6-5-11-25-15-9-7-14(24-3)8-10-15/h7-10,13H,4-6,11-12H2,1-3H3,(H2,19,20,21,23)/t13-/m1/s1. The number of ether oxygens (including phenoxy) is 3. The van der Waals surface area contributed by atoms with Crippen LogP contribution in [0.3, 0.4) is 0 Å². The zero-order valence-corrected chi connectivity index (χ0v) is 15.4. The van der Waals surface area contributed by atoms with Crippen LogP contribution in [0, 0.1) is 0 Å². The number of amides is 3. The van der Waals surface area contributed by atoms with E-state index in [9.17, 15) is 14.4 Å². The Bertz CT molecular complexity index is 588. The Balaban J connectivity index is 2.14. The van der Waals surface area contributed by atoms with E-state index in [0.717, 1.165) is 12.2 Å². The van der Waals surface area contributed by atoms with Crippen molar-refractivity contribution in [2.75, 3.05) is 20.3 Å².